The molecular formula is AlBNdO3+3. The molecule has 0 aliphatic heterocycles. The Kier molecular flexibility index (Phi) is 26.0. The molecule has 0 N–H and O–H groups in total. The van der Waals surface area contributed by atoms with E-state index in [2.05, 4.69) is 0 Å². The molecule has 0 bridgehead atoms. The van der Waals surface area contributed by atoms with E-state index >= 15 is 0 Å². The van der Waals surface area contributed by atoms with Gasteiger partial charge in [0.2, 0.25) is 0 Å². The topological polar surface area (TPSA) is 69.2 Å². The predicted molar refractivity (Wildman–Crippen MR) is 11.5 cm³/mol. The Morgan fingerprint density at radius 3 is 1.00 bits per heavy atom. The summed E-state index contributed by atoms with van der Waals surface area (Å²) < 4.78 is 0. The van der Waals surface area contributed by atoms with Crippen molar-refractivity contribution in [2.75, 3.05) is 0 Å². The van der Waals surface area contributed by atoms with Crippen LogP contribution in [0.4, 0.5) is 0 Å². The third-order valence-electron chi connectivity index (χ3n) is 0. The molecule has 3 nitrogen and oxygen atoms in total. The van der Waals surface area contributed by atoms with E-state index in [4.69, 9.17) is 15.1 Å². The van der Waals surface area contributed by atoms with Crippen molar-refractivity contribution in [1.29, 1.82) is 0 Å². The van der Waals surface area contributed by atoms with Gasteiger partial charge in [-0.3, -0.25) is 7.32 Å². The van der Waals surface area contributed by atoms with Gasteiger partial charge in [0.15, 0.2) is 0 Å². The molecule has 0 heterocycles. The molecule has 0 rings (SSSR count). The summed E-state index contributed by atoms with van der Waals surface area (Å²) in [4.78, 5) is 0. The zero-order valence-corrected chi connectivity index (χ0v) is 7.24. The van der Waals surface area contributed by atoms with Gasteiger partial charge in [0.1, 0.15) is 0 Å². The van der Waals surface area contributed by atoms with Crippen molar-refractivity contribution in [2.45, 2.75) is 0 Å². The van der Waals surface area contributed by atoms with Crippen molar-refractivity contribution in [3.63, 3.8) is 0 Å². The number of rotatable bonds is 0. The van der Waals surface area contributed by atoms with Crippen LogP contribution in [0, 0.1) is 40.8 Å². The zero-order valence-electron chi connectivity index (χ0n) is 2.88. The molecule has 0 aliphatic rings. The molecule has 0 amide bonds. The summed E-state index contributed by atoms with van der Waals surface area (Å²) in [6, 6.07) is 0. The predicted octanol–water partition coefficient (Wildman–Crippen LogP) is -4.33. The smallest absolute Gasteiger partial charge is 0.907 e. The van der Waals surface area contributed by atoms with Gasteiger partial charge in [-0.05, 0) is 0 Å². The monoisotopic (exact) mass is 228 g/mol. The Balaban J connectivity index is -0.0000000450. The molecule has 0 unspecified atom stereocenters. The first-order valence-electron chi connectivity index (χ1n) is 0.707. The van der Waals surface area contributed by atoms with Crippen LogP contribution in [-0.4, -0.2) is 24.7 Å². The number of hydrogen-bond donors (Lipinski definition) is 0. The molecule has 0 saturated carbocycles. The van der Waals surface area contributed by atoms with E-state index < -0.39 is 7.32 Å². The van der Waals surface area contributed by atoms with Gasteiger partial charge in [-0.25, -0.2) is 0 Å². The molecule has 0 atom stereocenters. The van der Waals surface area contributed by atoms with Crippen molar-refractivity contribution in [3.8, 4) is 0 Å². The van der Waals surface area contributed by atoms with Crippen molar-refractivity contribution in [3.05, 3.63) is 0 Å². The number of hydrogen-bond acceptors (Lipinski definition) is 3. The van der Waals surface area contributed by atoms with E-state index in [1.807, 2.05) is 0 Å². The standard InChI is InChI=1S/Al.BO3.Nd/c;2-1(3)4;/q+3;-3;+3. The molecule has 0 saturated heterocycles. The molecule has 0 aliphatic carbocycles. The van der Waals surface area contributed by atoms with E-state index in [1.165, 1.54) is 0 Å². The van der Waals surface area contributed by atoms with E-state index in [0.29, 0.717) is 0 Å². The van der Waals surface area contributed by atoms with Gasteiger partial charge >= 0.3 is 58.2 Å². The molecule has 0 aromatic heterocycles. The molecule has 0 aromatic rings. The summed E-state index contributed by atoms with van der Waals surface area (Å²) >= 11 is 0. The minimum atomic E-state index is -2.92. The average Bonchev–Trinajstić information content (AvgIpc) is 0.811. The third kappa shape index (κ3) is 40.7. The van der Waals surface area contributed by atoms with Crippen LogP contribution in [0.3, 0.4) is 0 Å². The SMILES string of the molecule is [Al+3].[Nd+3].[O-]B([O-])[O-]. The summed E-state index contributed by atoms with van der Waals surface area (Å²) in [6.45, 7) is 0. The van der Waals surface area contributed by atoms with Gasteiger partial charge in [-0.2, -0.15) is 0 Å². The Morgan fingerprint density at radius 2 is 1.00 bits per heavy atom. The van der Waals surface area contributed by atoms with E-state index in [9.17, 15) is 0 Å². The minimum Gasteiger partial charge on any atom is -0.907 e. The quantitative estimate of drug-likeness (QED) is 0.395. The molecule has 6 heteroatoms. The van der Waals surface area contributed by atoms with Crippen molar-refractivity contribution >= 4 is 24.7 Å². The summed E-state index contributed by atoms with van der Waals surface area (Å²) in [5, 5.41) is 25.2. The maximum absolute atomic E-state index is 8.42. The van der Waals surface area contributed by atoms with Gasteiger partial charge < -0.3 is 15.1 Å². The van der Waals surface area contributed by atoms with Crippen LogP contribution in [0.5, 0.6) is 0 Å². The first-order valence-corrected chi connectivity index (χ1v) is 0.707. The van der Waals surface area contributed by atoms with Crippen LogP contribution in [0.1, 0.15) is 0 Å². The fourth-order valence-electron chi connectivity index (χ4n) is 0. The zero-order chi connectivity index (χ0) is 3.58. The van der Waals surface area contributed by atoms with Gasteiger partial charge in [-0.1, -0.05) is 0 Å². The average molecular weight is 230 g/mol. The first kappa shape index (κ1) is 15.7. The minimum absolute atomic E-state index is 0. The van der Waals surface area contributed by atoms with Crippen molar-refractivity contribution in [1.82, 2.24) is 0 Å². The van der Waals surface area contributed by atoms with Gasteiger partial charge in [0.25, 0.3) is 0 Å². The molecular weight excluding hydrogens is 230 g/mol. The first-order chi connectivity index (χ1) is 1.73. The molecule has 6 heavy (non-hydrogen) atoms. The maximum Gasteiger partial charge on any atom is 3.00 e. The summed E-state index contributed by atoms with van der Waals surface area (Å²) in [6.07, 6.45) is 0. The third-order valence-corrected chi connectivity index (χ3v) is 0. The van der Waals surface area contributed by atoms with E-state index in [-0.39, 0.29) is 58.2 Å². The molecule has 0 fully saturated rings. The van der Waals surface area contributed by atoms with Crippen LogP contribution < -0.4 is 15.1 Å². The van der Waals surface area contributed by atoms with Gasteiger partial charge in [0.05, 0.1) is 0 Å². The summed E-state index contributed by atoms with van der Waals surface area (Å²) in [5.41, 5.74) is 0. The second-order valence-corrected chi connectivity index (χ2v) is 0.289. The second kappa shape index (κ2) is 9.95. The van der Waals surface area contributed by atoms with Gasteiger partial charge in [-0.15, -0.1) is 0 Å². The van der Waals surface area contributed by atoms with E-state index in [0.717, 1.165) is 0 Å². The second-order valence-electron chi connectivity index (χ2n) is 0.289. The molecule has 0 aromatic carbocycles. The van der Waals surface area contributed by atoms with Crippen LogP contribution >= 0.6 is 0 Å². The Labute approximate surface area is 79.6 Å². The molecule has 0 spiro atoms. The largest absolute Gasteiger partial charge is 3.00 e. The normalized spacial score (nSPS) is 4.50. The van der Waals surface area contributed by atoms with E-state index in [1.54, 1.807) is 0 Å². The fraction of sp³-hybridized carbons (Fsp3) is 0. The summed E-state index contributed by atoms with van der Waals surface area (Å²) in [5.74, 6) is 0. The van der Waals surface area contributed by atoms with Gasteiger partial charge in [0, 0.05) is 0 Å². The van der Waals surface area contributed by atoms with Crippen LogP contribution in [0.25, 0.3) is 0 Å². The van der Waals surface area contributed by atoms with Crippen molar-refractivity contribution in [2.24, 2.45) is 0 Å². The van der Waals surface area contributed by atoms with Crippen LogP contribution in [0.2, 0.25) is 0 Å². The maximum atomic E-state index is 8.42. The molecule has 25 valence electrons. The van der Waals surface area contributed by atoms with Crippen LogP contribution in [0.15, 0.2) is 0 Å². The van der Waals surface area contributed by atoms with Crippen LogP contribution in [-0.2, 0) is 0 Å². The molecule has 1 radical (unpaired) electrons. The summed E-state index contributed by atoms with van der Waals surface area (Å²) in [7, 11) is -2.92. The van der Waals surface area contributed by atoms with Crippen molar-refractivity contribution < 1.29 is 55.9 Å². The Morgan fingerprint density at radius 1 is 1.00 bits per heavy atom. The Hall–Kier alpha value is 1.83. The fourth-order valence-corrected chi connectivity index (χ4v) is 0. The Bertz CT molecular complexity index is 15.5.